The Morgan fingerprint density at radius 3 is 2.58 bits per heavy atom. The SMILES string of the molecule is CCC1(C)CCN(C(=O)c2cc(Cl)nnc2Cl)CC1. The maximum Gasteiger partial charge on any atom is 0.257 e. The average Bonchev–Trinajstić information content (AvgIpc) is 2.42. The van der Waals surface area contributed by atoms with E-state index in [2.05, 4.69) is 24.0 Å². The van der Waals surface area contributed by atoms with Crippen LogP contribution in [0, 0.1) is 5.41 Å². The van der Waals surface area contributed by atoms with Gasteiger partial charge in [0.15, 0.2) is 10.3 Å². The standard InChI is InChI=1S/C13H17Cl2N3O/c1-3-13(2)4-6-18(7-5-13)12(19)9-8-10(14)16-17-11(9)15/h8H,3-7H2,1-2H3. The molecular weight excluding hydrogens is 285 g/mol. The molecule has 1 fully saturated rings. The van der Waals surface area contributed by atoms with Gasteiger partial charge >= 0.3 is 0 Å². The van der Waals surface area contributed by atoms with Gasteiger partial charge in [0.2, 0.25) is 0 Å². The van der Waals surface area contributed by atoms with Gasteiger partial charge in [0.05, 0.1) is 5.56 Å². The molecule has 104 valence electrons. The Morgan fingerprint density at radius 2 is 2.00 bits per heavy atom. The Balaban J connectivity index is 2.11. The minimum Gasteiger partial charge on any atom is -0.339 e. The minimum absolute atomic E-state index is 0.109. The number of carbonyl (C=O) groups excluding carboxylic acids is 1. The van der Waals surface area contributed by atoms with Crippen molar-refractivity contribution in [1.29, 1.82) is 0 Å². The van der Waals surface area contributed by atoms with E-state index in [0.29, 0.717) is 11.0 Å². The van der Waals surface area contributed by atoms with Crippen LogP contribution < -0.4 is 0 Å². The highest BCUT2D eigenvalue weighted by Crippen LogP contribution is 2.34. The zero-order valence-electron chi connectivity index (χ0n) is 11.1. The maximum absolute atomic E-state index is 12.4. The fourth-order valence-electron chi connectivity index (χ4n) is 2.28. The van der Waals surface area contributed by atoms with Gasteiger partial charge in [-0.2, -0.15) is 0 Å². The summed E-state index contributed by atoms with van der Waals surface area (Å²) < 4.78 is 0. The number of aromatic nitrogens is 2. The van der Waals surface area contributed by atoms with Gasteiger partial charge < -0.3 is 4.90 Å². The number of hydrogen-bond acceptors (Lipinski definition) is 3. The van der Waals surface area contributed by atoms with Crippen LogP contribution in [0.3, 0.4) is 0 Å². The van der Waals surface area contributed by atoms with Crippen LogP contribution in [0.4, 0.5) is 0 Å². The molecule has 1 aliphatic heterocycles. The van der Waals surface area contributed by atoms with Crippen LogP contribution in [0.5, 0.6) is 0 Å². The van der Waals surface area contributed by atoms with Gasteiger partial charge in [-0.25, -0.2) is 0 Å². The Bertz CT molecular complexity index is 485. The summed E-state index contributed by atoms with van der Waals surface area (Å²) in [7, 11) is 0. The maximum atomic E-state index is 12.4. The smallest absolute Gasteiger partial charge is 0.257 e. The van der Waals surface area contributed by atoms with Crippen LogP contribution in [-0.4, -0.2) is 34.1 Å². The number of hydrogen-bond donors (Lipinski definition) is 0. The van der Waals surface area contributed by atoms with E-state index in [-0.39, 0.29) is 16.2 Å². The predicted octanol–water partition coefficient (Wildman–Crippen LogP) is 3.44. The van der Waals surface area contributed by atoms with Crippen molar-refractivity contribution in [3.05, 3.63) is 21.9 Å². The van der Waals surface area contributed by atoms with E-state index in [1.165, 1.54) is 6.07 Å². The zero-order valence-corrected chi connectivity index (χ0v) is 12.6. The molecule has 0 N–H and O–H groups in total. The Kier molecular flexibility index (Phi) is 4.31. The second-order valence-corrected chi connectivity index (χ2v) is 6.07. The number of nitrogens with zero attached hydrogens (tertiary/aromatic N) is 3. The van der Waals surface area contributed by atoms with Crippen LogP contribution in [-0.2, 0) is 0 Å². The fraction of sp³-hybridized carbons (Fsp3) is 0.615. The number of amides is 1. The first-order valence-corrected chi connectivity index (χ1v) is 7.19. The summed E-state index contributed by atoms with van der Waals surface area (Å²) in [5, 5.41) is 7.58. The number of rotatable bonds is 2. The first-order chi connectivity index (χ1) is 8.95. The molecule has 0 radical (unpaired) electrons. The molecule has 2 heterocycles. The Labute approximate surface area is 123 Å². The number of halogens is 2. The van der Waals surface area contributed by atoms with E-state index in [1.54, 1.807) is 0 Å². The van der Waals surface area contributed by atoms with Crippen molar-refractivity contribution in [3.63, 3.8) is 0 Å². The molecule has 1 aromatic rings. The summed E-state index contributed by atoms with van der Waals surface area (Å²) in [6.45, 7) is 5.96. The van der Waals surface area contributed by atoms with Crippen molar-refractivity contribution < 1.29 is 4.79 Å². The van der Waals surface area contributed by atoms with Crippen LogP contribution in [0.25, 0.3) is 0 Å². The molecule has 2 rings (SSSR count). The third-order valence-electron chi connectivity index (χ3n) is 4.06. The quantitative estimate of drug-likeness (QED) is 0.840. The third kappa shape index (κ3) is 3.18. The third-order valence-corrected chi connectivity index (χ3v) is 4.52. The van der Waals surface area contributed by atoms with Gasteiger partial charge in [-0.05, 0) is 24.3 Å². The lowest BCUT2D eigenvalue weighted by Crippen LogP contribution is -2.42. The molecule has 4 nitrogen and oxygen atoms in total. The first kappa shape index (κ1) is 14.5. The second kappa shape index (κ2) is 5.63. The predicted molar refractivity (Wildman–Crippen MR) is 75.6 cm³/mol. The highest BCUT2D eigenvalue weighted by atomic mass is 35.5. The average molecular weight is 302 g/mol. The minimum atomic E-state index is -0.111. The topological polar surface area (TPSA) is 46.1 Å². The molecule has 0 aromatic carbocycles. The van der Waals surface area contributed by atoms with Crippen molar-refractivity contribution in [2.45, 2.75) is 33.1 Å². The molecule has 0 atom stereocenters. The van der Waals surface area contributed by atoms with Crippen molar-refractivity contribution >= 4 is 29.1 Å². The highest BCUT2D eigenvalue weighted by Gasteiger charge is 2.31. The van der Waals surface area contributed by atoms with Crippen LogP contribution in [0.15, 0.2) is 6.07 Å². The first-order valence-electron chi connectivity index (χ1n) is 6.43. The van der Waals surface area contributed by atoms with Gasteiger partial charge in [-0.1, -0.05) is 43.5 Å². The lowest BCUT2D eigenvalue weighted by Gasteiger charge is -2.38. The fourth-order valence-corrected chi connectivity index (χ4v) is 2.60. The molecule has 0 unspecified atom stereocenters. The van der Waals surface area contributed by atoms with Gasteiger partial charge in [0.25, 0.3) is 5.91 Å². The van der Waals surface area contributed by atoms with Crippen LogP contribution in [0.2, 0.25) is 10.3 Å². The van der Waals surface area contributed by atoms with Crippen LogP contribution >= 0.6 is 23.2 Å². The van der Waals surface area contributed by atoms with E-state index in [4.69, 9.17) is 23.2 Å². The number of piperidine rings is 1. The second-order valence-electron chi connectivity index (χ2n) is 5.33. The molecule has 0 spiro atoms. The van der Waals surface area contributed by atoms with E-state index >= 15 is 0 Å². The Hall–Kier alpha value is -0.870. The summed E-state index contributed by atoms with van der Waals surface area (Å²) in [5.41, 5.74) is 0.677. The van der Waals surface area contributed by atoms with Gasteiger partial charge in [0.1, 0.15) is 0 Å². The van der Waals surface area contributed by atoms with E-state index in [0.717, 1.165) is 32.4 Å². The lowest BCUT2D eigenvalue weighted by atomic mass is 9.78. The van der Waals surface area contributed by atoms with Gasteiger partial charge in [-0.15, -0.1) is 10.2 Å². The molecule has 0 saturated carbocycles. The summed E-state index contributed by atoms with van der Waals surface area (Å²) in [4.78, 5) is 14.2. The summed E-state index contributed by atoms with van der Waals surface area (Å²) in [6.07, 6.45) is 3.16. The number of carbonyl (C=O) groups is 1. The molecule has 1 aliphatic rings. The van der Waals surface area contributed by atoms with E-state index in [9.17, 15) is 4.79 Å². The highest BCUT2D eigenvalue weighted by molar-refractivity contribution is 6.34. The molecule has 19 heavy (non-hydrogen) atoms. The van der Waals surface area contributed by atoms with Crippen molar-refractivity contribution in [2.75, 3.05) is 13.1 Å². The molecule has 0 bridgehead atoms. The van der Waals surface area contributed by atoms with Gasteiger partial charge in [-0.3, -0.25) is 4.79 Å². The van der Waals surface area contributed by atoms with E-state index in [1.807, 2.05) is 4.90 Å². The van der Waals surface area contributed by atoms with E-state index < -0.39 is 0 Å². The van der Waals surface area contributed by atoms with Gasteiger partial charge in [0, 0.05) is 13.1 Å². The zero-order chi connectivity index (χ0) is 14.0. The molecule has 1 aromatic heterocycles. The largest absolute Gasteiger partial charge is 0.339 e. The molecule has 0 aliphatic carbocycles. The molecular formula is C13H17Cl2N3O. The normalized spacial score (nSPS) is 18.4. The van der Waals surface area contributed by atoms with Crippen LogP contribution in [0.1, 0.15) is 43.5 Å². The molecule has 6 heteroatoms. The Morgan fingerprint density at radius 1 is 1.37 bits per heavy atom. The number of likely N-dealkylation sites (tertiary alicyclic amines) is 1. The summed E-state index contributed by atoms with van der Waals surface area (Å²) in [6, 6.07) is 1.48. The monoisotopic (exact) mass is 301 g/mol. The van der Waals surface area contributed by atoms with Crippen molar-refractivity contribution in [2.24, 2.45) is 5.41 Å². The lowest BCUT2D eigenvalue weighted by molar-refractivity contribution is 0.0600. The molecule has 1 saturated heterocycles. The van der Waals surface area contributed by atoms with Crippen molar-refractivity contribution in [3.8, 4) is 0 Å². The summed E-state index contributed by atoms with van der Waals surface area (Å²) in [5.74, 6) is -0.111. The molecule has 1 amide bonds. The van der Waals surface area contributed by atoms with Crippen molar-refractivity contribution in [1.82, 2.24) is 15.1 Å². The summed E-state index contributed by atoms with van der Waals surface area (Å²) >= 11 is 11.7.